The molecular formula is C21H17ClF3NO4. The smallest absolute Gasteiger partial charge is 0.416 e. The van der Waals surface area contributed by atoms with Gasteiger partial charge < -0.3 is 10.2 Å². The summed E-state index contributed by atoms with van der Waals surface area (Å²) in [5, 5.41) is 19.9. The Kier molecular flexibility index (Phi) is 5.56. The van der Waals surface area contributed by atoms with Gasteiger partial charge in [-0.1, -0.05) is 18.5 Å². The predicted molar refractivity (Wildman–Crippen MR) is 105 cm³/mol. The second-order valence-corrected chi connectivity index (χ2v) is 7.24. The number of aliphatic carboxylic acids is 1. The minimum absolute atomic E-state index is 0.0119. The Morgan fingerprint density at radius 2 is 1.77 bits per heavy atom. The number of carboxylic acid groups (broad SMARTS) is 1. The van der Waals surface area contributed by atoms with Crippen LogP contribution in [0.2, 0.25) is 5.02 Å². The molecule has 158 valence electrons. The van der Waals surface area contributed by atoms with Crippen LogP contribution >= 0.6 is 11.6 Å². The number of benzene rings is 2. The standard InChI is InChI=1S/C21H17ClF3NO4/c1-3-13(20(29)30)18-10(2)26(16-9-15(22)17(27)8-14(16)18)19(28)11-4-6-12(7-5-11)21(23,24)25/h4-9,13,27H,3H2,1-2H3,(H,29,30). The van der Waals surface area contributed by atoms with Gasteiger partial charge in [0.15, 0.2) is 0 Å². The van der Waals surface area contributed by atoms with Crippen molar-refractivity contribution in [1.82, 2.24) is 4.57 Å². The Morgan fingerprint density at radius 3 is 2.27 bits per heavy atom. The summed E-state index contributed by atoms with van der Waals surface area (Å²) in [7, 11) is 0. The normalized spacial score (nSPS) is 12.9. The van der Waals surface area contributed by atoms with E-state index in [1.54, 1.807) is 13.8 Å². The fraction of sp³-hybridized carbons (Fsp3) is 0.238. The average Bonchev–Trinajstić information content (AvgIpc) is 2.93. The predicted octanol–water partition coefficient (Wildman–Crippen LogP) is 5.59. The third-order valence-corrected chi connectivity index (χ3v) is 5.34. The zero-order valence-corrected chi connectivity index (χ0v) is 16.7. The number of carbonyl (C=O) groups is 2. The summed E-state index contributed by atoms with van der Waals surface area (Å²) < 4.78 is 39.7. The maximum Gasteiger partial charge on any atom is 0.416 e. The lowest BCUT2D eigenvalue weighted by atomic mass is 9.94. The van der Waals surface area contributed by atoms with E-state index < -0.39 is 29.5 Å². The van der Waals surface area contributed by atoms with Gasteiger partial charge in [0.25, 0.3) is 5.91 Å². The number of aromatic nitrogens is 1. The van der Waals surface area contributed by atoms with E-state index in [1.165, 1.54) is 16.7 Å². The quantitative estimate of drug-likeness (QED) is 0.555. The summed E-state index contributed by atoms with van der Waals surface area (Å²) in [5.41, 5.74) is 0.00813. The fourth-order valence-corrected chi connectivity index (χ4v) is 3.74. The van der Waals surface area contributed by atoms with Gasteiger partial charge in [0, 0.05) is 16.6 Å². The molecule has 0 spiro atoms. The number of phenols is 1. The van der Waals surface area contributed by atoms with E-state index in [1.807, 2.05) is 0 Å². The number of carbonyl (C=O) groups excluding carboxylic acids is 1. The molecule has 3 aromatic rings. The molecule has 0 saturated heterocycles. The van der Waals surface area contributed by atoms with Gasteiger partial charge in [-0.3, -0.25) is 14.2 Å². The Bertz CT molecular complexity index is 1150. The lowest BCUT2D eigenvalue weighted by Crippen LogP contribution is -2.16. The van der Waals surface area contributed by atoms with Crippen molar-refractivity contribution >= 4 is 34.4 Å². The zero-order chi connectivity index (χ0) is 22.4. The van der Waals surface area contributed by atoms with Gasteiger partial charge in [-0.25, -0.2) is 0 Å². The van der Waals surface area contributed by atoms with Gasteiger partial charge in [0.05, 0.1) is 22.0 Å². The number of aromatic hydroxyl groups is 1. The second kappa shape index (κ2) is 7.68. The van der Waals surface area contributed by atoms with Crippen LogP contribution in [0.4, 0.5) is 13.2 Å². The summed E-state index contributed by atoms with van der Waals surface area (Å²) in [6, 6.07) is 6.36. The molecule has 0 fully saturated rings. The highest BCUT2D eigenvalue weighted by atomic mass is 35.5. The van der Waals surface area contributed by atoms with Crippen LogP contribution in [-0.2, 0) is 11.0 Å². The number of phenolic OH excluding ortho intramolecular Hbond substituents is 1. The number of rotatable bonds is 4. The molecule has 1 heterocycles. The van der Waals surface area contributed by atoms with E-state index >= 15 is 0 Å². The maximum absolute atomic E-state index is 13.2. The Labute approximate surface area is 174 Å². The highest BCUT2D eigenvalue weighted by Crippen LogP contribution is 2.39. The van der Waals surface area contributed by atoms with Crippen molar-refractivity contribution in [2.45, 2.75) is 32.4 Å². The number of nitrogens with zero attached hydrogens (tertiary/aromatic N) is 1. The van der Waals surface area contributed by atoms with Crippen molar-refractivity contribution < 1.29 is 33.0 Å². The highest BCUT2D eigenvalue weighted by molar-refractivity contribution is 6.33. The molecule has 5 nitrogen and oxygen atoms in total. The Balaban J connectivity index is 2.25. The summed E-state index contributed by atoms with van der Waals surface area (Å²) >= 11 is 6.00. The van der Waals surface area contributed by atoms with E-state index in [-0.39, 0.29) is 28.3 Å². The van der Waals surface area contributed by atoms with Gasteiger partial charge in [0.2, 0.25) is 0 Å². The van der Waals surface area contributed by atoms with Crippen LogP contribution in [0.15, 0.2) is 36.4 Å². The van der Waals surface area contributed by atoms with Crippen molar-refractivity contribution in [2.24, 2.45) is 0 Å². The van der Waals surface area contributed by atoms with Crippen molar-refractivity contribution in [3.05, 3.63) is 63.8 Å². The third-order valence-electron chi connectivity index (χ3n) is 5.04. The number of alkyl halides is 3. The lowest BCUT2D eigenvalue weighted by Gasteiger charge is -2.12. The molecule has 1 atom stereocenters. The summed E-state index contributed by atoms with van der Waals surface area (Å²) in [6.07, 6.45) is -4.31. The molecule has 30 heavy (non-hydrogen) atoms. The first-order chi connectivity index (χ1) is 14.0. The summed E-state index contributed by atoms with van der Waals surface area (Å²) in [4.78, 5) is 24.9. The molecular weight excluding hydrogens is 423 g/mol. The molecule has 2 N–H and O–H groups in total. The zero-order valence-electron chi connectivity index (χ0n) is 15.9. The second-order valence-electron chi connectivity index (χ2n) is 6.83. The molecule has 0 saturated carbocycles. The summed E-state index contributed by atoms with van der Waals surface area (Å²) in [6.45, 7) is 3.22. The van der Waals surface area contributed by atoms with E-state index in [0.717, 1.165) is 24.3 Å². The SMILES string of the molecule is CCC(C(=O)O)c1c(C)n(C(=O)c2ccc(C(F)(F)F)cc2)c2cc(Cl)c(O)cc12. The van der Waals surface area contributed by atoms with E-state index in [9.17, 15) is 33.0 Å². The number of fused-ring (bicyclic) bond motifs is 1. The van der Waals surface area contributed by atoms with Crippen LogP contribution < -0.4 is 0 Å². The Morgan fingerprint density at radius 1 is 1.17 bits per heavy atom. The molecule has 0 bridgehead atoms. The molecule has 1 unspecified atom stereocenters. The molecule has 0 aliphatic heterocycles. The number of hydrogen-bond acceptors (Lipinski definition) is 3. The molecule has 2 aromatic carbocycles. The number of hydrogen-bond donors (Lipinski definition) is 2. The summed E-state index contributed by atoms with van der Waals surface area (Å²) in [5.74, 6) is -2.96. The van der Waals surface area contributed by atoms with Crippen molar-refractivity contribution in [3.8, 4) is 5.75 Å². The first-order valence-corrected chi connectivity index (χ1v) is 9.33. The topological polar surface area (TPSA) is 79.5 Å². The van der Waals surface area contributed by atoms with Crippen molar-refractivity contribution in [1.29, 1.82) is 0 Å². The first-order valence-electron chi connectivity index (χ1n) is 8.95. The van der Waals surface area contributed by atoms with Gasteiger partial charge in [-0.2, -0.15) is 13.2 Å². The van der Waals surface area contributed by atoms with Crippen LogP contribution in [0.5, 0.6) is 5.75 Å². The number of halogens is 4. The van der Waals surface area contributed by atoms with Gasteiger partial charge in [0.1, 0.15) is 5.75 Å². The monoisotopic (exact) mass is 439 g/mol. The van der Waals surface area contributed by atoms with Crippen LogP contribution in [-0.4, -0.2) is 26.7 Å². The molecule has 9 heteroatoms. The molecule has 3 rings (SSSR count). The van der Waals surface area contributed by atoms with Crippen molar-refractivity contribution in [2.75, 3.05) is 0 Å². The van der Waals surface area contributed by atoms with Crippen LogP contribution in [0.1, 0.15) is 46.4 Å². The molecule has 0 radical (unpaired) electrons. The molecule has 0 aliphatic carbocycles. The lowest BCUT2D eigenvalue weighted by molar-refractivity contribution is -0.139. The number of carboxylic acids is 1. The van der Waals surface area contributed by atoms with Gasteiger partial charge >= 0.3 is 12.1 Å². The molecule has 1 aromatic heterocycles. The van der Waals surface area contributed by atoms with Gasteiger partial charge in [-0.05, 0) is 55.3 Å². The Hall–Kier alpha value is -3.00. The van der Waals surface area contributed by atoms with Crippen LogP contribution in [0.25, 0.3) is 10.9 Å². The van der Waals surface area contributed by atoms with Gasteiger partial charge in [-0.15, -0.1) is 0 Å². The highest BCUT2D eigenvalue weighted by Gasteiger charge is 2.31. The maximum atomic E-state index is 13.2. The van der Waals surface area contributed by atoms with E-state index in [0.29, 0.717) is 16.6 Å². The largest absolute Gasteiger partial charge is 0.506 e. The van der Waals surface area contributed by atoms with E-state index in [2.05, 4.69) is 0 Å². The van der Waals surface area contributed by atoms with E-state index in [4.69, 9.17) is 11.6 Å². The molecule has 0 aliphatic rings. The average molecular weight is 440 g/mol. The van der Waals surface area contributed by atoms with Crippen molar-refractivity contribution in [3.63, 3.8) is 0 Å². The van der Waals surface area contributed by atoms with Crippen LogP contribution in [0, 0.1) is 6.92 Å². The third kappa shape index (κ3) is 3.63. The van der Waals surface area contributed by atoms with Crippen LogP contribution in [0.3, 0.4) is 0 Å². The molecule has 0 amide bonds. The minimum Gasteiger partial charge on any atom is -0.506 e. The first kappa shape index (κ1) is 21.7. The minimum atomic E-state index is -4.54. The fourth-order valence-electron chi connectivity index (χ4n) is 3.58.